The molecule has 2 amide bonds. The lowest BCUT2D eigenvalue weighted by Crippen LogP contribution is -2.55. The number of piperazine rings is 1. The molecule has 0 N–H and O–H groups in total. The molecule has 0 unspecified atom stereocenters. The van der Waals surface area contributed by atoms with Crippen molar-refractivity contribution < 1.29 is 18.7 Å². The van der Waals surface area contributed by atoms with Crippen LogP contribution in [0.2, 0.25) is 0 Å². The number of nitriles is 1. The number of halogens is 1. The van der Waals surface area contributed by atoms with Crippen molar-refractivity contribution in [3.05, 3.63) is 77.2 Å². The molecule has 0 radical (unpaired) electrons. The van der Waals surface area contributed by atoms with E-state index in [1.54, 1.807) is 23.1 Å². The van der Waals surface area contributed by atoms with Crippen LogP contribution >= 0.6 is 11.8 Å². The number of amides is 2. The van der Waals surface area contributed by atoms with Crippen LogP contribution in [0.5, 0.6) is 0 Å². The molecule has 2 aliphatic rings. The molecule has 11 heteroatoms. The van der Waals surface area contributed by atoms with Gasteiger partial charge in [0.15, 0.2) is 5.16 Å². The molecule has 0 saturated carbocycles. The minimum Gasteiger partial charge on any atom is -0.445 e. The Bertz CT molecular complexity index is 1430. The van der Waals surface area contributed by atoms with Gasteiger partial charge in [-0.2, -0.15) is 5.26 Å². The summed E-state index contributed by atoms with van der Waals surface area (Å²) in [5, 5.41) is 10.1. The number of anilines is 2. The van der Waals surface area contributed by atoms with Gasteiger partial charge in [0.1, 0.15) is 18.2 Å². The molecule has 1 aromatic heterocycles. The molecule has 0 bridgehead atoms. The van der Waals surface area contributed by atoms with E-state index in [0.29, 0.717) is 42.7 Å². The number of hydrogen-bond acceptors (Lipinski definition) is 8. The van der Waals surface area contributed by atoms with Crippen molar-refractivity contribution in [2.24, 2.45) is 0 Å². The number of ether oxygens (including phenoxy) is 1. The molecule has 0 spiro atoms. The Balaban J connectivity index is 1.39. The van der Waals surface area contributed by atoms with Gasteiger partial charge in [0.05, 0.1) is 36.5 Å². The maximum atomic E-state index is 14.6. The van der Waals surface area contributed by atoms with E-state index in [2.05, 4.69) is 11.0 Å². The first-order chi connectivity index (χ1) is 19.5. The lowest BCUT2D eigenvalue weighted by Gasteiger charge is -2.41. The zero-order valence-electron chi connectivity index (χ0n) is 22.1. The van der Waals surface area contributed by atoms with E-state index in [4.69, 9.17) is 14.7 Å². The molecule has 0 aliphatic carbocycles. The summed E-state index contributed by atoms with van der Waals surface area (Å²) in [6, 6.07) is 17.5. The van der Waals surface area contributed by atoms with Crippen molar-refractivity contribution in [2.75, 3.05) is 35.7 Å². The first-order valence-corrected chi connectivity index (χ1v) is 14.3. The second kappa shape index (κ2) is 12.3. The average Bonchev–Trinajstić information content (AvgIpc) is 3.14. The lowest BCUT2D eigenvalue weighted by molar-refractivity contribution is -0.118. The van der Waals surface area contributed by atoms with Gasteiger partial charge in [0, 0.05) is 31.6 Å². The van der Waals surface area contributed by atoms with Gasteiger partial charge in [0.25, 0.3) is 0 Å². The number of aromatic nitrogens is 2. The Morgan fingerprint density at radius 2 is 1.90 bits per heavy atom. The molecule has 9 nitrogen and oxygen atoms in total. The molecule has 2 aromatic carbocycles. The number of para-hydroxylation sites is 1. The maximum absolute atomic E-state index is 14.6. The van der Waals surface area contributed by atoms with E-state index < -0.39 is 18.0 Å². The van der Waals surface area contributed by atoms with Gasteiger partial charge in [-0.25, -0.2) is 19.2 Å². The first kappa shape index (κ1) is 27.4. The fraction of sp³-hybridized carbons (Fsp3) is 0.345. The molecule has 3 heterocycles. The highest BCUT2D eigenvalue weighted by atomic mass is 32.2. The number of rotatable bonds is 6. The fourth-order valence-corrected chi connectivity index (χ4v) is 5.48. The molecule has 3 aromatic rings. The normalized spacial score (nSPS) is 17.2. The van der Waals surface area contributed by atoms with E-state index in [1.807, 2.05) is 36.6 Å². The van der Waals surface area contributed by atoms with Crippen molar-refractivity contribution in [1.29, 1.82) is 5.26 Å². The summed E-state index contributed by atoms with van der Waals surface area (Å²) < 4.78 is 20.2. The predicted molar refractivity (Wildman–Crippen MR) is 149 cm³/mol. The van der Waals surface area contributed by atoms with E-state index in [0.717, 1.165) is 11.1 Å². The van der Waals surface area contributed by atoms with Gasteiger partial charge in [-0.1, -0.05) is 54.2 Å². The molecule has 40 heavy (non-hydrogen) atoms. The Morgan fingerprint density at radius 1 is 1.12 bits per heavy atom. The Labute approximate surface area is 236 Å². The summed E-state index contributed by atoms with van der Waals surface area (Å²) in [6.45, 7) is 1.50. The van der Waals surface area contributed by atoms with Gasteiger partial charge in [-0.15, -0.1) is 0 Å². The van der Waals surface area contributed by atoms with Crippen molar-refractivity contribution >= 4 is 35.3 Å². The van der Waals surface area contributed by atoms with Gasteiger partial charge in [0.2, 0.25) is 5.91 Å². The smallest absolute Gasteiger partial charge is 0.410 e. The number of hydrogen-bond donors (Lipinski definition) is 0. The monoisotopic (exact) mass is 560 g/mol. The Morgan fingerprint density at radius 3 is 2.65 bits per heavy atom. The van der Waals surface area contributed by atoms with Gasteiger partial charge in [-0.05, 0) is 30.4 Å². The first-order valence-electron chi connectivity index (χ1n) is 13.1. The number of carbonyl (C=O) groups excluding carboxylic acids is 2. The Hall–Kier alpha value is -4.17. The van der Waals surface area contributed by atoms with Crippen LogP contribution in [0.3, 0.4) is 0 Å². The fourth-order valence-electron chi connectivity index (χ4n) is 5.10. The van der Waals surface area contributed by atoms with Gasteiger partial charge in [-0.3, -0.25) is 4.79 Å². The summed E-state index contributed by atoms with van der Waals surface area (Å²) >= 11 is 1.39. The van der Waals surface area contributed by atoms with Gasteiger partial charge >= 0.3 is 6.09 Å². The third-order valence-electron chi connectivity index (χ3n) is 7.12. The molecule has 1 fully saturated rings. The Kier molecular flexibility index (Phi) is 8.45. The second-order valence-corrected chi connectivity index (χ2v) is 10.4. The highest BCUT2D eigenvalue weighted by Gasteiger charge is 2.35. The van der Waals surface area contributed by atoms with Crippen LogP contribution in [0, 0.1) is 17.1 Å². The van der Waals surface area contributed by atoms with E-state index in [-0.39, 0.29) is 37.6 Å². The molecule has 1 saturated heterocycles. The molecular formula is C29H29FN6O3S. The summed E-state index contributed by atoms with van der Waals surface area (Å²) in [5.74, 6) is 0.0409. The SMILES string of the molecule is CSc1nc2c(c(N3CCN(C(=O)OCc4ccccc4)[C@@H](CC#N)C3)n1)CCC(=O)N(c1ccccc1F)C2. The van der Waals surface area contributed by atoms with Crippen LogP contribution in [0.1, 0.15) is 29.7 Å². The van der Waals surface area contributed by atoms with Crippen molar-refractivity contribution in [3.63, 3.8) is 0 Å². The highest BCUT2D eigenvalue weighted by molar-refractivity contribution is 7.98. The van der Waals surface area contributed by atoms with Crippen LogP contribution in [0.15, 0.2) is 59.8 Å². The number of fused-ring (bicyclic) bond motifs is 1. The minimum atomic E-state index is -0.465. The van der Waals surface area contributed by atoms with Gasteiger partial charge < -0.3 is 19.4 Å². The third-order valence-corrected chi connectivity index (χ3v) is 7.67. The predicted octanol–water partition coefficient (Wildman–Crippen LogP) is 4.56. The quantitative estimate of drug-likeness (QED) is 0.320. The summed E-state index contributed by atoms with van der Waals surface area (Å²) in [5.41, 5.74) is 2.62. The van der Waals surface area contributed by atoms with E-state index in [1.165, 1.54) is 22.7 Å². The van der Waals surface area contributed by atoms with Crippen LogP contribution in [-0.4, -0.2) is 58.8 Å². The lowest BCUT2D eigenvalue weighted by atomic mass is 10.1. The van der Waals surface area contributed by atoms with E-state index >= 15 is 0 Å². The number of benzene rings is 2. The minimum absolute atomic E-state index is 0.131. The van der Waals surface area contributed by atoms with Crippen molar-refractivity contribution in [1.82, 2.24) is 14.9 Å². The summed E-state index contributed by atoms with van der Waals surface area (Å²) in [4.78, 5) is 40.7. The van der Waals surface area contributed by atoms with Crippen molar-refractivity contribution in [2.45, 2.75) is 43.6 Å². The largest absolute Gasteiger partial charge is 0.445 e. The third kappa shape index (κ3) is 5.87. The van der Waals surface area contributed by atoms with Crippen LogP contribution < -0.4 is 9.80 Å². The maximum Gasteiger partial charge on any atom is 0.410 e. The molecule has 5 rings (SSSR count). The average molecular weight is 561 g/mol. The zero-order chi connectivity index (χ0) is 28.1. The van der Waals surface area contributed by atoms with Crippen LogP contribution in [-0.2, 0) is 29.1 Å². The molecular weight excluding hydrogens is 531 g/mol. The van der Waals surface area contributed by atoms with Crippen molar-refractivity contribution in [3.8, 4) is 6.07 Å². The van der Waals surface area contributed by atoms with E-state index in [9.17, 15) is 19.2 Å². The number of nitrogens with zero attached hydrogens (tertiary/aromatic N) is 6. The summed E-state index contributed by atoms with van der Waals surface area (Å²) in [7, 11) is 0. The van der Waals surface area contributed by atoms with Crippen LogP contribution in [0.4, 0.5) is 20.7 Å². The zero-order valence-corrected chi connectivity index (χ0v) is 22.9. The number of carbonyl (C=O) groups is 2. The second-order valence-electron chi connectivity index (χ2n) is 9.59. The highest BCUT2D eigenvalue weighted by Crippen LogP contribution is 2.33. The molecule has 2 aliphatic heterocycles. The topological polar surface area (TPSA) is 103 Å². The molecule has 206 valence electrons. The van der Waals surface area contributed by atoms with Crippen LogP contribution in [0.25, 0.3) is 0 Å². The summed E-state index contributed by atoms with van der Waals surface area (Å²) in [6.07, 6.45) is 2.15. The number of thioether (sulfide) groups is 1. The molecule has 1 atom stereocenters. The standard InChI is InChI=1S/C29H29FN6O3S/c1-40-28-32-24-18-36(25-10-6-5-9-23(25)30)26(37)12-11-22(24)27(33-28)34-15-16-35(21(17-34)13-14-31)29(38)39-19-20-7-3-2-4-8-20/h2-10,21H,11-13,15-19H2,1H3/t21-/m0/s1.